The van der Waals surface area contributed by atoms with Gasteiger partial charge in [0.05, 0.1) is 6.54 Å². The van der Waals surface area contributed by atoms with Crippen LogP contribution in [-0.2, 0) is 13.0 Å². The van der Waals surface area contributed by atoms with E-state index in [1.54, 1.807) is 11.3 Å². The Morgan fingerprint density at radius 1 is 1.35 bits per heavy atom. The van der Waals surface area contributed by atoms with Crippen LogP contribution in [0.15, 0.2) is 12.4 Å². The molecule has 0 aromatic carbocycles. The number of aryl methyl sites for hydroxylation is 1. The van der Waals surface area contributed by atoms with Gasteiger partial charge in [0.15, 0.2) is 0 Å². The van der Waals surface area contributed by atoms with E-state index >= 15 is 0 Å². The summed E-state index contributed by atoms with van der Waals surface area (Å²) in [7, 11) is 0. The lowest BCUT2D eigenvalue weighted by molar-refractivity contribution is 0.720. The summed E-state index contributed by atoms with van der Waals surface area (Å²) in [5.74, 6) is 1.09. The second kappa shape index (κ2) is 5.77. The number of nitrogens with zero attached hydrogens (tertiary/aromatic N) is 4. The van der Waals surface area contributed by atoms with Crippen LogP contribution in [0.2, 0.25) is 0 Å². The van der Waals surface area contributed by atoms with Crippen molar-refractivity contribution in [2.75, 3.05) is 11.9 Å². The fourth-order valence-electron chi connectivity index (χ4n) is 1.56. The van der Waals surface area contributed by atoms with E-state index in [0.29, 0.717) is 0 Å². The molecule has 1 N–H and O–H groups in total. The minimum absolute atomic E-state index is 0.759. The molecule has 2 aromatic rings. The standard InChI is InChI=1S/C11H17N5S/c1-3-5-13-11-15-14-10(17-11)8-16-7-6-12-9(16)4-2/h6-7H,3-5,8H2,1-2H3,(H,13,15). The van der Waals surface area contributed by atoms with Crippen molar-refractivity contribution in [1.29, 1.82) is 0 Å². The smallest absolute Gasteiger partial charge is 0.205 e. The zero-order valence-electron chi connectivity index (χ0n) is 10.2. The van der Waals surface area contributed by atoms with E-state index in [1.165, 1.54) is 0 Å². The van der Waals surface area contributed by atoms with E-state index in [-0.39, 0.29) is 0 Å². The molecule has 0 saturated heterocycles. The lowest BCUT2D eigenvalue weighted by atomic mass is 10.4. The Balaban J connectivity index is 2.01. The van der Waals surface area contributed by atoms with Crippen LogP contribution < -0.4 is 5.32 Å². The molecule has 0 amide bonds. The number of rotatable bonds is 6. The lowest BCUT2D eigenvalue weighted by Crippen LogP contribution is -2.02. The molecule has 6 heteroatoms. The summed E-state index contributed by atoms with van der Waals surface area (Å²) in [6, 6.07) is 0. The summed E-state index contributed by atoms with van der Waals surface area (Å²) in [4.78, 5) is 4.29. The zero-order chi connectivity index (χ0) is 12.1. The Labute approximate surface area is 105 Å². The Hall–Kier alpha value is -1.43. The van der Waals surface area contributed by atoms with Gasteiger partial charge in [0.25, 0.3) is 0 Å². The number of hydrogen-bond acceptors (Lipinski definition) is 5. The van der Waals surface area contributed by atoms with Crippen molar-refractivity contribution in [3.05, 3.63) is 23.2 Å². The van der Waals surface area contributed by atoms with Gasteiger partial charge in [0.2, 0.25) is 5.13 Å². The number of anilines is 1. The number of imidazole rings is 1. The number of hydrogen-bond donors (Lipinski definition) is 1. The molecule has 0 aliphatic heterocycles. The minimum Gasteiger partial charge on any atom is -0.360 e. The maximum Gasteiger partial charge on any atom is 0.205 e. The number of nitrogens with one attached hydrogen (secondary N) is 1. The average molecular weight is 251 g/mol. The SMILES string of the molecule is CCCNc1nnc(Cn2ccnc2CC)s1. The van der Waals surface area contributed by atoms with E-state index in [2.05, 4.69) is 38.9 Å². The Kier molecular flexibility index (Phi) is 4.08. The molecule has 2 rings (SSSR count). The van der Waals surface area contributed by atoms with Crippen molar-refractivity contribution in [1.82, 2.24) is 19.7 Å². The van der Waals surface area contributed by atoms with Gasteiger partial charge in [-0.25, -0.2) is 4.98 Å². The maximum absolute atomic E-state index is 4.29. The third-order valence-corrected chi connectivity index (χ3v) is 3.28. The fourth-order valence-corrected chi connectivity index (χ4v) is 2.33. The Morgan fingerprint density at radius 3 is 3.00 bits per heavy atom. The highest BCUT2D eigenvalue weighted by atomic mass is 32.1. The molecule has 0 aliphatic rings. The van der Waals surface area contributed by atoms with Crippen LogP contribution in [-0.4, -0.2) is 26.3 Å². The molecule has 0 aliphatic carbocycles. The first-order chi connectivity index (χ1) is 8.33. The van der Waals surface area contributed by atoms with Crippen LogP contribution in [0, 0.1) is 0 Å². The zero-order valence-corrected chi connectivity index (χ0v) is 11.0. The van der Waals surface area contributed by atoms with Crippen molar-refractivity contribution in [2.45, 2.75) is 33.2 Å². The van der Waals surface area contributed by atoms with Crippen molar-refractivity contribution < 1.29 is 0 Å². The van der Waals surface area contributed by atoms with Gasteiger partial charge in [-0.1, -0.05) is 25.2 Å². The van der Waals surface area contributed by atoms with Gasteiger partial charge in [-0.2, -0.15) is 0 Å². The maximum atomic E-state index is 4.29. The van der Waals surface area contributed by atoms with E-state index < -0.39 is 0 Å². The van der Waals surface area contributed by atoms with Crippen molar-refractivity contribution >= 4 is 16.5 Å². The quantitative estimate of drug-likeness (QED) is 0.855. The molecule has 0 bridgehead atoms. The van der Waals surface area contributed by atoms with Crippen LogP contribution in [0.5, 0.6) is 0 Å². The molecule has 0 fully saturated rings. The van der Waals surface area contributed by atoms with Crippen LogP contribution in [0.4, 0.5) is 5.13 Å². The molecule has 0 radical (unpaired) electrons. The van der Waals surface area contributed by atoms with Gasteiger partial charge in [-0.15, -0.1) is 10.2 Å². The second-order valence-electron chi connectivity index (χ2n) is 3.75. The Morgan fingerprint density at radius 2 is 2.24 bits per heavy atom. The van der Waals surface area contributed by atoms with Gasteiger partial charge < -0.3 is 9.88 Å². The molecule has 0 atom stereocenters. The van der Waals surface area contributed by atoms with E-state index in [9.17, 15) is 0 Å². The summed E-state index contributed by atoms with van der Waals surface area (Å²) in [6.45, 7) is 5.94. The third-order valence-electron chi connectivity index (χ3n) is 2.42. The van der Waals surface area contributed by atoms with Crippen LogP contribution >= 0.6 is 11.3 Å². The molecule has 0 saturated carbocycles. The van der Waals surface area contributed by atoms with Crippen molar-refractivity contribution in [3.8, 4) is 0 Å². The predicted molar refractivity (Wildman–Crippen MR) is 69.4 cm³/mol. The highest BCUT2D eigenvalue weighted by Crippen LogP contribution is 2.16. The van der Waals surface area contributed by atoms with Crippen molar-refractivity contribution in [3.63, 3.8) is 0 Å². The fraction of sp³-hybridized carbons (Fsp3) is 0.545. The highest BCUT2D eigenvalue weighted by Gasteiger charge is 2.06. The molecule has 0 unspecified atom stereocenters. The summed E-state index contributed by atoms with van der Waals surface area (Å²) in [5, 5.41) is 13.4. The van der Waals surface area contributed by atoms with E-state index in [0.717, 1.165) is 41.9 Å². The summed E-state index contributed by atoms with van der Waals surface area (Å²) in [6.07, 6.45) is 5.85. The van der Waals surface area contributed by atoms with Crippen LogP contribution in [0.3, 0.4) is 0 Å². The first-order valence-corrected chi connectivity index (χ1v) is 6.71. The van der Waals surface area contributed by atoms with Crippen LogP contribution in [0.1, 0.15) is 31.1 Å². The van der Waals surface area contributed by atoms with Crippen molar-refractivity contribution in [2.24, 2.45) is 0 Å². The van der Waals surface area contributed by atoms with Gasteiger partial charge in [-0.3, -0.25) is 0 Å². The first kappa shape index (κ1) is 12.0. The lowest BCUT2D eigenvalue weighted by Gasteiger charge is -2.02. The minimum atomic E-state index is 0.759. The largest absolute Gasteiger partial charge is 0.360 e. The monoisotopic (exact) mass is 251 g/mol. The highest BCUT2D eigenvalue weighted by molar-refractivity contribution is 7.15. The number of aromatic nitrogens is 4. The summed E-state index contributed by atoms with van der Waals surface area (Å²) in [5.41, 5.74) is 0. The first-order valence-electron chi connectivity index (χ1n) is 5.89. The van der Waals surface area contributed by atoms with Gasteiger partial charge >= 0.3 is 0 Å². The molecule has 17 heavy (non-hydrogen) atoms. The van der Waals surface area contributed by atoms with Gasteiger partial charge in [0, 0.05) is 25.4 Å². The Bertz CT molecular complexity index is 462. The van der Waals surface area contributed by atoms with Gasteiger partial charge in [0.1, 0.15) is 10.8 Å². The molecular formula is C11H17N5S. The topological polar surface area (TPSA) is 55.6 Å². The molecule has 5 nitrogen and oxygen atoms in total. The molecule has 2 heterocycles. The van der Waals surface area contributed by atoms with Crippen LogP contribution in [0.25, 0.3) is 0 Å². The van der Waals surface area contributed by atoms with E-state index in [4.69, 9.17) is 0 Å². The predicted octanol–water partition coefficient (Wildman–Crippen LogP) is 2.17. The molecular weight excluding hydrogens is 234 g/mol. The second-order valence-corrected chi connectivity index (χ2v) is 4.81. The molecule has 2 aromatic heterocycles. The normalized spacial score (nSPS) is 10.7. The molecule has 92 valence electrons. The van der Waals surface area contributed by atoms with Gasteiger partial charge in [-0.05, 0) is 6.42 Å². The third kappa shape index (κ3) is 3.03. The molecule has 0 spiro atoms. The summed E-state index contributed by atoms with van der Waals surface area (Å²) < 4.78 is 2.12. The average Bonchev–Trinajstić information content (AvgIpc) is 2.96. The summed E-state index contributed by atoms with van der Waals surface area (Å²) >= 11 is 1.61. The van der Waals surface area contributed by atoms with E-state index in [1.807, 2.05) is 12.4 Å².